The summed E-state index contributed by atoms with van der Waals surface area (Å²) in [6.07, 6.45) is 1.45. The van der Waals surface area contributed by atoms with Crippen molar-refractivity contribution >= 4 is 5.78 Å². The van der Waals surface area contributed by atoms with E-state index in [0.717, 1.165) is 5.69 Å². The zero-order chi connectivity index (χ0) is 14.8. The predicted octanol–water partition coefficient (Wildman–Crippen LogP) is 2.42. The molecule has 0 aliphatic carbocycles. The first kappa shape index (κ1) is 14.2. The summed E-state index contributed by atoms with van der Waals surface area (Å²) in [5, 5.41) is 0. The van der Waals surface area contributed by atoms with Crippen molar-refractivity contribution < 1.29 is 4.79 Å². The molecule has 2 rings (SSSR count). The van der Waals surface area contributed by atoms with Gasteiger partial charge in [0.2, 0.25) is 0 Å². The topological polar surface area (TPSA) is 52.0 Å². The molecule has 1 heterocycles. The number of hydrogen-bond acceptors (Lipinski definition) is 3. The fraction of sp³-hybridized carbons (Fsp3) is 0.312. The Morgan fingerprint density at radius 3 is 2.40 bits per heavy atom. The summed E-state index contributed by atoms with van der Waals surface area (Å²) < 4.78 is 1.34. The number of carbonyl (C=O) groups excluding carboxylic acids is 1. The van der Waals surface area contributed by atoms with E-state index in [1.54, 1.807) is 24.3 Å². The van der Waals surface area contributed by atoms with Gasteiger partial charge in [-0.2, -0.15) is 0 Å². The van der Waals surface area contributed by atoms with E-state index in [2.05, 4.69) is 4.98 Å². The minimum absolute atomic E-state index is 0.0142. The van der Waals surface area contributed by atoms with Gasteiger partial charge in [0.25, 0.3) is 5.56 Å². The molecule has 0 bridgehead atoms. The highest BCUT2D eigenvalue weighted by atomic mass is 16.1. The molecular formula is C16H18N2O2. The van der Waals surface area contributed by atoms with Gasteiger partial charge in [-0.1, -0.05) is 51.1 Å². The van der Waals surface area contributed by atoms with Crippen LogP contribution in [0, 0.1) is 0 Å². The van der Waals surface area contributed by atoms with Gasteiger partial charge in [-0.3, -0.25) is 14.2 Å². The molecule has 4 nitrogen and oxygen atoms in total. The van der Waals surface area contributed by atoms with Crippen LogP contribution in [0.25, 0.3) is 0 Å². The van der Waals surface area contributed by atoms with Crippen molar-refractivity contribution in [2.75, 3.05) is 0 Å². The monoisotopic (exact) mass is 270 g/mol. The number of nitrogens with zero attached hydrogens (tertiary/aromatic N) is 2. The Labute approximate surface area is 118 Å². The van der Waals surface area contributed by atoms with Crippen LogP contribution in [-0.2, 0) is 12.0 Å². The first-order valence-electron chi connectivity index (χ1n) is 6.53. The third-order valence-electron chi connectivity index (χ3n) is 3.06. The van der Waals surface area contributed by atoms with E-state index < -0.39 is 0 Å². The molecule has 2 aromatic rings. The van der Waals surface area contributed by atoms with Crippen LogP contribution in [0.15, 0.2) is 47.5 Å². The van der Waals surface area contributed by atoms with Crippen molar-refractivity contribution in [2.24, 2.45) is 0 Å². The number of hydrogen-bond donors (Lipinski definition) is 0. The maximum atomic E-state index is 12.1. The molecule has 0 aliphatic rings. The largest absolute Gasteiger partial charge is 0.292 e. The second kappa shape index (κ2) is 5.41. The molecule has 0 N–H and O–H groups in total. The summed E-state index contributed by atoms with van der Waals surface area (Å²) in [6, 6.07) is 10.4. The molecule has 20 heavy (non-hydrogen) atoms. The summed E-state index contributed by atoms with van der Waals surface area (Å²) in [6.45, 7) is 6.00. The highest BCUT2D eigenvalue weighted by Gasteiger charge is 2.17. The number of ketones is 1. The van der Waals surface area contributed by atoms with Gasteiger partial charge in [0.1, 0.15) is 0 Å². The van der Waals surface area contributed by atoms with Crippen LogP contribution in [0.1, 0.15) is 36.8 Å². The van der Waals surface area contributed by atoms with Gasteiger partial charge < -0.3 is 0 Å². The Kier molecular flexibility index (Phi) is 3.84. The molecule has 0 saturated carbocycles. The number of aromatic nitrogens is 2. The molecular weight excluding hydrogens is 252 g/mol. The van der Waals surface area contributed by atoms with Crippen LogP contribution >= 0.6 is 0 Å². The first-order chi connectivity index (χ1) is 9.38. The Morgan fingerprint density at radius 1 is 1.20 bits per heavy atom. The lowest BCUT2D eigenvalue weighted by molar-refractivity contribution is 0.0970. The molecule has 0 radical (unpaired) electrons. The molecule has 0 atom stereocenters. The standard InChI is InChI=1S/C16H18N2O2/c1-16(2,3)14-9-15(20)18(11-17-14)10-13(19)12-7-5-4-6-8-12/h4-9,11H,10H2,1-3H3. The second-order valence-corrected chi connectivity index (χ2v) is 5.78. The molecule has 104 valence electrons. The SMILES string of the molecule is CC(C)(C)c1cc(=O)n(CC(=O)c2ccccc2)cn1. The van der Waals surface area contributed by atoms with Crippen LogP contribution in [0.3, 0.4) is 0 Å². The normalized spacial score (nSPS) is 11.3. The average Bonchev–Trinajstić information content (AvgIpc) is 2.41. The zero-order valence-electron chi connectivity index (χ0n) is 12.0. The molecule has 0 unspecified atom stereocenters. The van der Waals surface area contributed by atoms with Crippen LogP contribution in [0.2, 0.25) is 0 Å². The number of Topliss-reactive ketones (excluding diaryl/α,β-unsaturated/α-hetero) is 1. The average molecular weight is 270 g/mol. The third kappa shape index (κ3) is 3.20. The minimum Gasteiger partial charge on any atom is -0.292 e. The van der Waals surface area contributed by atoms with Crippen molar-refractivity contribution in [3.05, 3.63) is 64.3 Å². The van der Waals surface area contributed by atoms with Crippen LogP contribution in [0.4, 0.5) is 0 Å². The van der Waals surface area contributed by atoms with Crippen LogP contribution < -0.4 is 5.56 Å². The lowest BCUT2D eigenvalue weighted by Gasteiger charge is -2.17. The second-order valence-electron chi connectivity index (χ2n) is 5.78. The van der Waals surface area contributed by atoms with E-state index >= 15 is 0 Å². The number of carbonyl (C=O) groups is 1. The van der Waals surface area contributed by atoms with E-state index in [1.165, 1.54) is 17.0 Å². The summed E-state index contributed by atoms with van der Waals surface area (Å²) in [7, 11) is 0. The minimum atomic E-state index is -0.200. The van der Waals surface area contributed by atoms with Gasteiger partial charge >= 0.3 is 0 Å². The van der Waals surface area contributed by atoms with Gasteiger partial charge in [0.15, 0.2) is 5.78 Å². The quantitative estimate of drug-likeness (QED) is 0.805. The van der Waals surface area contributed by atoms with E-state index in [4.69, 9.17) is 0 Å². The number of benzene rings is 1. The maximum absolute atomic E-state index is 12.1. The molecule has 1 aromatic carbocycles. The Balaban J connectivity index is 2.23. The molecule has 0 saturated heterocycles. The van der Waals surface area contributed by atoms with Gasteiger partial charge in [0, 0.05) is 17.0 Å². The summed E-state index contributed by atoms with van der Waals surface area (Å²) in [5.41, 5.74) is 0.946. The molecule has 4 heteroatoms. The molecule has 0 fully saturated rings. The third-order valence-corrected chi connectivity index (χ3v) is 3.06. The lowest BCUT2D eigenvalue weighted by Crippen LogP contribution is -2.27. The van der Waals surface area contributed by atoms with Gasteiger partial charge in [-0.05, 0) is 0 Å². The van der Waals surface area contributed by atoms with E-state index in [1.807, 2.05) is 26.8 Å². The fourth-order valence-corrected chi connectivity index (χ4v) is 1.82. The smallest absolute Gasteiger partial charge is 0.253 e. The fourth-order valence-electron chi connectivity index (χ4n) is 1.82. The van der Waals surface area contributed by atoms with Crippen molar-refractivity contribution in [3.63, 3.8) is 0 Å². The van der Waals surface area contributed by atoms with Gasteiger partial charge in [0.05, 0.1) is 18.6 Å². The molecule has 0 amide bonds. The van der Waals surface area contributed by atoms with Crippen molar-refractivity contribution in [1.82, 2.24) is 9.55 Å². The van der Waals surface area contributed by atoms with Crippen LogP contribution in [0.5, 0.6) is 0 Å². The van der Waals surface area contributed by atoms with Crippen LogP contribution in [-0.4, -0.2) is 15.3 Å². The first-order valence-corrected chi connectivity index (χ1v) is 6.53. The summed E-state index contributed by atoms with van der Waals surface area (Å²) >= 11 is 0. The maximum Gasteiger partial charge on any atom is 0.253 e. The van der Waals surface area contributed by atoms with Crippen molar-refractivity contribution in [1.29, 1.82) is 0 Å². The highest BCUT2D eigenvalue weighted by Crippen LogP contribution is 2.17. The lowest BCUT2D eigenvalue weighted by atomic mass is 9.92. The molecule has 0 spiro atoms. The van der Waals surface area contributed by atoms with E-state index in [9.17, 15) is 9.59 Å². The summed E-state index contributed by atoms with van der Waals surface area (Å²) in [5.74, 6) is -0.0991. The molecule has 1 aromatic heterocycles. The zero-order valence-corrected chi connectivity index (χ0v) is 12.0. The van der Waals surface area contributed by atoms with Crippen molar-refractivity contribution in [3.8, 4) is 0 Å². The van der Waals surface area contributed by atoms with Crippen molar-refractivity contribution in [2.45, 2.75) is 32.7 Å². The predicted molar refractivity (Wildman–Crippen MR) is 78.0 cm³/mol. The number of rotatable bonds is 3. The van der Waals surface area contributed by atoms with Gasteiger partial charge in [-0.25, -0.2) is 4.98 Å². The Hall–Kier alpha value is -2.23. The Bertz CT molecular complexity index is 667. The highest BCUT2D eigenvalue weighted by molar-refractivity contribution is 5.95. The molecule has 0 aliphatic heterocycles. The summed E-state index contributed by atoms with van der Waals surface area (Å²) in [4.78, 5) is 28.4. The van der Waals surface area contributed by atoms with Gasteiger partial charge in [-0.15, -0.1) is 0 Å². The van der Waals surface area contributed by atoms with E-state index in [0.29, 0.717) is 5.56 Å². The van der Waals surface area contributed by atoms with E-state index in [-0.39, 0.29) is 23.3 Å². The Morgan fingerprint density at radius 2 is 1.85 bits per heavy atom.